The summed E-state index contributed by atoms with van der Waals surface area (Å²) in [5.74, 6) is -0.486. The van der Waals surface area contributed by atoms with Crippen molar-refractivity contribution in [3.63, 3.8) is 0 Å². The second kappa shape index (κ2) is 8.58. The largest absolute Gasteiger partial charge is 0.483 e. The lowest BCUT2D eigenvalue weighted by molar-refractivity contribution is -0.123. The number of ether oxygens (including phenoxy) is 1. The molecule has 0 fully saturated rings. The first-order valence-corrected chi connectivity index (χ1v) is 7.49. The maximum atomic E-state index is 11.8. The van der Waals surface area contributed by atoms with Gasteiger partial charge >= 0.3 is 0 Å². The summed E-state index contributed by atoms with van der Waals surface area (Å²) in [6, 6.07) is 16.7. The van der Waals surface area contributed by atoms with E-state index in [1.54, 1.807) is 24.3 Å². The van der Waals surface area contributed by atoms with Crippen molar-refractivity contribution < 1.29 is 14.3 Å². The average molecular weight is 312 g/mol. The van der Waals surface area contributed by atoms with E-state index >= 15 is 0 Å². The summed E-state index contributed by atoms with van der Waals surface area (Å²) in [4.78, 5) is 23.0. The molecule has 0 heterocycles. The Kier molecular flexibility index (Phi) is 6.17. The van der Waals surface area contributed by atoms with E-state index in [4.69, 9.17) is 10.5 Å². The summed E-state index contributed by atoms with van der Waals surface area (Å²) in [5.41, 5.74) is 6.77. The fraction of sp³-hybridized carbons (Fsp3) is 0.222. The monoisotopic (exact) mass is 312 g/mol. The molecule has 5 nitrogen and oxygen atoms in total. The number of rotatable bonds is 8. The van der Waals surface area contributed by atoms with Crippen LogP contribution in [0.15, 0.2) is 54.6 Å². The van der Waals surface area contributed by atoms with Gasteiger partial charge in [0.25, 0.3) is 11.8 Å². The van der Waals surface area contributed by atoms with Gasteiger partial charge in [-0.15, -0.1) is 0 Å². The number of nitrogens with one attached hydrogen (secondary N) is 1. The van der Waals surface area contributed by atoms with Gasteiger partial charge in [0.1, 0.15) is 5.75 Å². The smallest absolute Gasteiger partial charge is 0.257 e. The highest BCUT2D eigenvalue weighted by molar-refractivity contribution is 5.95. The van der Waals surface area contributed by atoms with E-state index in [9.17, 15) is 9.59 Å². The molecule has 23 heavy (non-hydrogen) atoms. The number of aryl methyl sites for hydroxylation is 1. The van der Waals surface area contributed by atoms with E-state index in [2.05, 4.69) is 17.4 Å². The zero-order valence-electron chi connectivity index (χ0n) is 12.8. The van der Waals surface area contributed by atoms with Crippen molar-refractivity contribution in [2.75, 3.05) is 13.2 Å². The van der Waals surface area contributed by atoms with Gasteiger partial charge in [0.05, 0.1) is 5.56 Å². The predicted octanol–water partition coefficient (Wildman–Crippen LogP) is 1.91. The molecule has 2 aromatic carbocycles. The number of carbonyl (C=O) groups is 2. The summed E-state index contributed by atoms with van der Waals surface area (Å²) >= 11 is 0. The first-order chi connectivity index (χ1) is 11.2. The van der Waals surface area contributed by atoms with Crippen molar-refractivity contribution in [1.29, 1.82) is 0 Å². The van der Waals surface area contributed by atoms with Crippen molar-refractivity contribution in [2.45, 2.75) is 12.8 Å². The molecule has 0 bridgehead atoms. The van der Waals surface area contributed by atoms with E-state index in [0.29, 0.717) is 12.3 Å². The van der Waals surface area contributed by atoms with E-state index in [1.165, 1.54) is 5.56 Å². The third-order valence-electron chi connectivity index (χ3n) is 3.32. The van der Waals surface area contributed by atoms with Crippen LogP contribution in [-0.2, 0) is 11.2 Å². The first kappa shape index (κ1) is 16.5. The molecular weight excluding hydrogens is 292 g/mol. The first-order valence-electron chi connectivity index (χ1n) is 7.49. The van der Waals surface area contributed by atoms with Crippen molar-refractivity contribution in [3.8, 4) is 5.75 Å². The normalized spacial score (nSPS) is 10.1. The predicted molar refractivity (Wildman–Crippen MR) is 88.2 cm³/mol. The van der Waals surface area contributed by atoms with Gasteiger partial charge in [-0.05, 0) is 30.5 Å². The Bertz CT molecular complexity index is 656. The van der Waals surface area contributed by atoms with Crippen LogP contribution >= 0.6 is 0 Å². The molecule has 0 spiro atoms. The van der Waals surface area contributed by atoms with Crippen molar-refractivity contribution in [1.82, 2.24) is 5.32 Å². The lowest BCUT2D eigenvalue weighted by Crippen LogP contribution is -2.30. The Balaban J connectivity index is 1.70. The summed E-state index contributed by atoms with van der Waals surface area (Å²) in [6.45, 7) is 0.435. The maximum Gasteiger partial charge on any atom is 0.257 e. The van der Waals surface area contributed by atoms with Crippen LogP contribution in [0.25, 0.3) is 0 Å². The van der Waals surface area contributed by atoms with Crippen LogP contribution in [-0.4, -0.2) is 25.0 Å². The van der Waals surface area contributed by atoms with Gasteiger partial charge in [-0.3, -0.25) is 9.59 Å². The third kappa shape index (κ3) is 5.47. The molecule has 2 rings (SSSR count). The standard InChI is InChI=1S/C18H20N2O3/c19-18(22)15-10-4-5-11-16(15)23-13-17(21)20-12-6-9-14-7-2-1-3-8-14/h1-5,7-8,10-11H,6,9,12-13H2,(H2,19,22)(H,20,21). The van der Waals surface area contributed by atoms with Gasteiger partial charge in [0, 0.05) is 6.54 Å². The lowest BCUT2D eigenvalue weighted by atomic mass is 10.1. The SMILES string of the molecule is NC(=O)c1ccccc1OCC(=O)NCCCc1ccccc1. The molecule has 2 amide bonds. The molecule has 0 radical (unpaired) electrons. The minimum Gasteiger partial charge on any atom is -0.483 e. The number of hydrogen-bond donors (Lipinski definition) is 2. The molecule has 0 unspecified atom stereocenters. The highest BCUT2D eigenvalue weighted by atomic mass is 16.5. The van der Waals surface area contributed by atoms with Crippen molar-refractivity contribution >= 4 is 11.8 Å². The minimum absolute atomic E-state index is 0.143. The van der Waals surface area contributed by atoms with Crippen LogP contribution in [0.2, 0.25) is 0 Å². The summed E-state index contributed by atoms with van der Waals surface area (Å²) in [5, 5.41) is 2.79. The summed E-state index contributed by atoms with van der Waals surface area (Å²) in [7, 11) is 0. The second-order valence-electron chi connectivity index (χ2n) is 5.09. The molecule has 2 aromatic rings. The number of primary amides is 1. The fourth-order valence-corrected chi connectivity index (χ4v) is 2.16. The van der Waals surface area contributed by atoms with E-state index in [1.807, 2.05) is 18.2 Å². The molecule has 0 aliphatic rings. The van der Waals surface area contributed by atoms with Crippen LogP contribution in [0.3, 0.4) is 0 Å². The fourth-order valence-electron chi connectivity index (χ4n) is 2.16. The number of nitrogens with two attached hydrogens (primary N) is 1. The molecule has 0 aliphatic heterocycles. The van der Waals surface area contributed by atoms with Gasteiger partial charge in [-0.2, -0.15) is 0 Å². The van der Waals surface area contributed by atoms with Crippen LogP contribution in [0.4, 0.5) is 0 Å². The average Bonchev–Trinajstić information content (AvgIpc) is 2.58. The summed E-state index contributed by atoms with van der Waals surface area (Å²) < 4.78 is 5.36. The van der Waals surface area contributed by atoms with Crippen molar-refractivity contribution in [2.24, 2.45) is 5.73 Å². The quantitative estimate of drug-likeness (QED) is 0.731. The zero-order valence-corrected chi connectivity index (χ0v) is 12.8. The molecule has 0 aromatic heterocycles. The minimum atomic E-state index is -0.580. The number of carbonyl (C=O) groups excluding carboxylic acids is 2. The van der Waals surface area contributed by atoms with Crippen molar-refractivity contribution in [3.05, 3.63) is 65.7 Å². The van der Waals surface area contributed by atoms with Gasteiger partial charge in [-0.1, -0.05) is 42.5 Å². The van der Waals surface area contributed by atoms with Crippen LogP contribution in [0.1, 0.15) is 22.3 Å². The third-order valence-corrected chi connectivity index (χ3v) is 3.32. The summed E-state index contributed by atoms with van der Waals surface area (Å²) in [6.07, 6.45) is 1.76. The van der Waals surface area contributed by atoms with Gasteiger partial charge in [-0.25, -0.2) is 0 Å². The molecule has 3 N–H and O–H groups in total. The van der Waals surface area contributed by atoms with Gasteiger partial charge < -0.3 is 15.8 Å². The number of hydrogen-bond acceptors (Lipinski definition) is 3. The Hall–Kier alpha value is -2.82. The number of amides is 2. The Morgan fingerprint density at radius 3 is 2.43 bits per heavy atom. The topological polar surface area (TPSA) is 81.4 Å². The van der Waals surface area contributed by atoms with E-state index in [0.717, 1.165) is 12.8 Å². The van der Waals surface area contributed by atoms with Gasteiger partial charge in [0.15, 0.2) is 6.61 Å². The van der Waals surface area contributed by atoms with Crippen LogP contribution in [0.5, 0.6) is 5.75 Å². The molecular formula is C18H20N2O3. The molecule has 0 saturated carbocycles. The molecule has 0 aliphatic carbocycles. The maximum absolute atomic E-state index is 11.8. The van der Waals surface area contributed by atoms with E-state index < -0.39 is 5.91 Å². The highest BCUT2D eigenvalue weighted by Crippen LogP contribution is 2.16. The Morgan fingerprint density at radius 1 is 1.00 bits per heavy atom. The second-order valence-corrected chi connectivity index (χ2v) is 5.09. The molecule has 0 saturated heterocycles. The number of benzene rings is 2. The number of para-hydroxylation sites is 1. The Labute approximate surface area is 135 Å². The Morgan fingerprint density at radius 2 is 1.70 bits per heavy atom. The molecule has 5 heteroatoms. The van der Waals surface area contributed by atoms with Crippen LogP contribution in [0, 0.1) is 0 Å². The molecule has 0 atom stereocenters. The highest BCUT2D eigenvalue weighted by Gasteiger charge is 2.09. The van der Waals surface area contributed by atoms with E-state index in [-0.39, 0.29) is 18.1 Å². The molecule has 120 valence electrons. The van der Waals surface area contributed by atoms with Crippen LogP contribution < -0.4 is 15.8 Å². The lowest BCUT2D eigenvalue weighted by Gasteiger charge is -2.09. The zero-order chi connectivity index (χ0) is 16.5. The van der Waals surface area contributed by atoms with Gasteiger partial charge in [0.2, 0.25) is 0 Å².